The number of carbonyl (C=O) groups excluding carboxylic acids is 1. The van der Waals surface area contributed by atoms with Gasteiger partial charge in [-0.1, -0.05) is 44.2 Å². The number of piperazine rings is 1. The molecule has 0 bridgehead atoms. The number of hydrogen-bond donors (Lipinski definition) is 0. The molecule has 1 amide bonds. The number of non-ortho nitro benzene ring substituents is 2. The van der Waals surface area contributed by atoms with Crippen molar-refractivity contribution >= 4 is 23.1 Å². The summed E-state index contributed by atoms with van der Waals surface area (Å²) in [5.41, 5.74) is 1.81. The minimum atomic E-state index is -0.739. The van der Waals surface area contributed by atoms with Gasteiger partial charge < -0.3 is 9.80 Å². The Morgan fingerprint density at radius 1 is 0.917 bits per heavy atom. The zero-order valence-corrected chi connectivity index (χ0v) is 20.2. The zero-order chi connectivity index (χ0) is 26.0. The van der Waals surface area contributed by atoms with Gasteiger partial charge in [0.05, 0.1) is 21.5 Å². The van der Waals surface area contributed by atoms with E-state index in [9.17, 15) is 25.0 Å². The number of nitrogens with zero attached hydrogens (tertiary/aromatic N) is 6. The SMILES string of the molecule is Cc1nc(-c2ccccc2)nc(N2CCN(C(=O)c3cc([N+](=O)[O-])cc([N+](=O)[O-])c3)CC2)c1C(C)C. The zero-order valence-electron chi connectivity index (χ0n) is 20.2. The summed E-state index contributed by atoms with van der Waals surface area (Å²) >= 11 is 0. The fourth-order valence-corrected chi connectivity index (χ4v) is 4.43. The average Bonchev–Trinajstić information content (AvgIpc) is 2.87. The first kappa shape index (κ1) is 24.7. The number of nitro benzene ring substituents is 2. The van der Waals surface area contributed by atoms with E-state index in [1.54, 1.807) is 4.90 Å². The fraction of sp³-hybridized carbons (Fsp3) is 0.320. The topological polar surface area (TPSA) is 136 Å². The van der Waals surface area contributed by atoms with Gasteiger partial charge in [0.15, 0.2) is 5.82 Å². The van der Waals surface area contributed by atoms with Crippen LogP contribution in [0.15, 0.2) is 48.5 Å². The number of hydrogen-bond acceptors (Lipinski definition) is 8. The molecule has 0 radical (unpaired) electrons. The van der Waals surface area contributed by atoms with E-state index >= 15 is 0 Å². The highest BCUT2D eigenvalue weighted by molar-refractivity contribution is 5.95. The quantitative estimate of drug-likeness (QED) is 0.367. The van der Waals surface area contributed by atoms with Crippen molar-refractivity contribution in [2.75, 3.05) is 31.1 Å². The summed E-state index contributed by atoms with van der Waals surface area (Å²) in [5, 5.41) is 22.4. The standard InChI is InChI=1S/C25H26N6O5/c1-16(2)22-17(3)26-23(18-7-5-4-6-8-18)27-24(22)28-9-11-29(12-10-28)25(32)19-13-20(30(33)34)15-21(14-19)31(35)36/h4-8,13-16H,9-12H2,1-3H3. The number of nitro groups is 2. The summed E-state index contributed by atoms with van der Waals surface area (Å²) in [6.45, 7) is 7.83. The number of rotatable bonds is 6. The van der Waals surface area contributed by atoms with E-state index in [4.69, 9.17) is 9.97 Å². The van der Waals surface area contributed by atoms with Gasteiger partial charge in [0.2, 0.25) is 0 Å². The molecule has 0 N–H and O–H groups in total. The second-order valence-corrected chi connectivity index (χ2v) is 8.92. The number of benzene rings is 2. The minimum absolute atomic E-state index is 0.0727. The van der Waals surface area contributed by atoms with Crippen LogP contribution in [0.4, 0.5) is 17.2 Å². The van der Waals surface area contributed by atoms with Crippen LogP contribution in [0.3, 0.4) is 0 Å². The molecule has 1 saturated heterocycles. The van der Waals surface area contributed by atoms with Gasteiger partial charge in [-0.05, 0) is 12.8 Å². The molecule has 1 aliphatic heterocycles. The molecule has 1 aromatic heterocycles. The third-order valence-corrected chi connectivity index (χ3v) is 6.16. The third kappa shape index (κ3) is 4.99. The smallest absolute Gasteiger partial charge is 0.277 e. The van der Waals surface area contributed by atoms with Crippen LogP contribution in [0.25, 0.3) is 11.4 Å². The summed E-state index contributed by atoms with van der Waals surface area (Å²) < 4.78 is 0. The molecule has 0 aliphatic carbocycles. The van der Waals surface area contributed by atoms with Gasteiger partial charge in [-0.3, -0.25) is 25.0 Å². The molecule has 0 atom stereocenters. The Labute approximate surface area is 207 Å². The maximum atomic E-state index is 13.1. The normalized spacial score (nSPS) is 13.7. The maximum Gasteiger partial charge on any atom is 0.277 e. The molecular formula is C25H26N6O5. The van der Waals surface area contributed by atoms with Crippen LogP contribution in [-0.2, 0) is 0 Å². The summed E-state index contributed by atoms with van der Waals surface area (Å²) in [6, 6.07) is 12.7. The van der Waals surface area contributed by atoms with Gasteiger partial charge in [0.25, 0.3) is 17.3 Å². The van der Waals surface area contributed by atoms with Crippen LogP contribution < -0.4 is 4.90 Å². The van der Waals surface area contributed by atoms with E-state index in [2.05, 4.69) is 18.7 Å². The lowest BCUT2D eigenvalue weighted by molar-refractivity contribution is -0.394. The minimum Gasteiger partial charge on any atom is -0.353 e. The molecule has 4 rings (SSSR count). The van der Waals surface area contributed by atoms with Crippen molar-refractivity contribution in [2.24, 2.45) is 0 Å². The second kappa shape index (κ2) is 10.1. The number of amides is 1. The Kier molecular flexibility index (Phi) is 6.91. The van der Waals surface area contributed by atoms with E-state index in [1.165, 1.54) is 0 Å². The first-order chi connectivity index (χ1) is 17.2. The van der Waals surface area contributed by atoms with Crippen LogP contribution in [0, 0.1) is 27.2 Å². The molecular weight excluding hydrogens is 464 g/mol. The predicted octanol–water partition coefficient (Wildman–Crippen LogP) is 4.35. The Bertz CT molecular complexity index is 1290. The summed E-state index contributed by atoms with van der Waals surface area (Å²) in [6.07, 6.45) is 0. The van der Waals surface area contributed by atoms with Crippen LogP contribution >= 0.6 is 0 Å². The molecule has 1 aliphatic rings. The average molecular weight is 491 g/mol. The van der Waals surface area contributed by atoms with Crippen molar-refractivity contribution in [3.05, 3.63) is 85.6 Å². The molecule has 2 heterocycles. The third-order valence-electron chi connectivity index (χ3n) is 6.16. The van der Waals surface area contributed by atoms with Crippen molar-refractivity contribution in [1.29, 1.82) is 0 Å². The van der Waals surface area contributed by atoms with Crippen LogP contribution in [0.5, 0.6) is 0 Å². The van der Waals surface area contributed by atoms with Crippen molar-refractivity contribution < 1.29 is 14.6 Å². The highest BCUT2D eigenvalue weighted by Crippen LogP contribution is 2.32. The van der Waals surface area contributed by atoms with E-state index in [-0.39, 0.29) is 11.5 Å². The number of carbonyl (C=O) groups is 1. The highest BCUT2D eigenvalue weighted by atomic mass is 16.6. The monoisotopic (exact) mass is 490 g/mol. The van der Waals surface area contributed by atoms with Gasteiger partial charge >= 0.3 is 0 Å². The molecule has 186 valence electrons. The van der Waals surface area contributed by atoms with Gasteiger partial charge in [0.1, 0.15) is 5.82 Å². The van der Waals surface area contributed by atoms with Crippen molar-refractivity contribution in [1.82, 2.24) is 14.9 Å². The molecule has 11 heteroatoms. The Hall–Kier alpha value is -4.41. The number of aryl methyl sites for hydroxylation is 1. The second-order valence-electron chi connectivity index (χ2n) is 8.92. The molecule has 0 saturated carbocycles. The van der Waals surface area contributed by atoms with Gasteiger partial charge in [0, 0.05) is 55.1 Å². The number of anilines is 1. The van der Waals surface area contributed by atoms with E-state index in [1.807, 2.05) is 37.3 Å². The molecule has 3 aromatic rings. The molecule has 0 unspecified atom stereocenters. The van der Waals surface area contributed by atoms with Gasteiger partial charge in [-0.25, -0.2) is 9.97 Å². The summed E-state index contributed by atoms with van der Waals surface area (Å²) in [5.74, 6) is 1.17. The Morgan fingerprint density at radius 2 is 1.50 bits per heavy atom. The van der Waals surface area contributed by atoms with Crippen LogP contribution in [-0.4, -0.2) is 56.8 Å². The lowest BCUT2D eigenvalue weighted by atomic mass is 10.0. The van der Waals surface area contributed by atoms with E-state index in [0.29, 0.717) is 32.0 Å². The van der Waals surface area contributed by atoms with Crippen molar-refractivity contribution in [2.45, 2.75) is 26.7 Å². The Balaban J connectivity index is 1.59. The maximum absolute atomic E-state index is 13.1. The van der Waals surface area contributed by atoms with Gasteiger partial charge in [-0.15, -0.1) is 0 Å². The van der Waals surface area contributed by atoms with Crippen molar-refractivity contribution in [3.63, 3.8) is 0 Å². The van der Waals surface area contributed by atoms with Gasteiger partial charge in [-0.2, -0.15) is 0 Å². The summed E-state index contributed by atoms with van der Waals surface area (Å²) in [7, 11) is 0. The first-order valence-corrected chi connectivity index (χ1v) is 11.6. The fourth-order valence-electron chi connectivity index (χ4n) is 4.43. The largest absolute Gasteiger partial charge is 0.353 e. The predicted molar refractivity (Wildman–Crippen MR) is 134 cm³/mol. The molecule has 11 nitrogen and oxygen atoms in total. The lowest BCUT2D eigenvalue weighted by Gasteiger charge is -2.37. The molecule has 1 fully saturated rings. The molecule has 2 aromatic carbocycles. The summed E-state index contributed by atoms with van der Waals surface area (Å²) in [4.78, 5) is 47.4. The highest BCUT2D eigenvalue weighted by Gasteiger charge is 2.28. The van der Waals surface area contributed by atoms with E-state index in [0.717, 1.165) is 40.8 Å². The molecule has 36 heavy (non-hydrogen) atoms. The number of aromatic nitrogens is 2. The van der Waals surface area contributed by atoms with Crippen LogP contribution in [0.1, 0.15) is 41.4 Å². The van der Waals surface area contributed by atoms with E-state index < -0.39 is 27.1 Å². The van der Waals surface area contributed by atoms with Crippen molar-refractivity contribution in [3.8, 4) is 11.4 Å². The lowest BCUT2D eigenvalue weighted by Crippen LogP contribution is -2.49. The first-order valence-electron chi connectivity index (χ1n) is 11.6. The molecule has 0 spiro atoms. The van der Waals surface area contributed by atoms with Crippen LogP contribution in [0.2, 0.25) is 0 Å². The Morgan fingerprint density at radius 3 is 2.03 bits per heavy atom.